The van der Waals surface area contributed by atoms with E-state index in [9.17, 15) is 4.79 Å². The molecule has 0 saturated carbocycles. The van der Waals surface area contributed by atoms with Crippen LogP contribution in [0.1, 0.15) is 44.7 Å². The van der Waals surface area contributed by atoms with Crippen LogP contribution in [0.2, 0.25) is 0 Å². The fraction of sp³-hybridized carbons (Fsp3) is 0.390. The summed E-state index contributed by atoms with van der Waals surface area (Å²) in [5, 5.41) is 8.29. The fourth-order valence-corrected chi connectivity index (χ4v) is 7.55. The van der Waals surface area contributed by atoms with Crippen LogP contribution in [0.3, 0.4) is 0 Å². The first kappa shape index (κ1) is 36.2. The van der Waals surface area contributed by atoms with Gasteiger partial charge in [0.15, 0.2) is 5.82 Å². The molecule has 278 valence electrons. The van der Waals surface area contributed by atoms with E-state index in [2.05, 4.69) is 61.8 Å². The molecule has 0 bridgehead atoms. The van der Waals surface area contributed by atoms with Gasteiger partial charge in [0.2, 0.25) is 5.91 Å². The Hall–Kier alpha value is -5.17. The lowest BCUT2D eigenvalue weighted by Crippen LogP contribution is -2.54. The Bertz CT molecular complexity index is 1860. The van der Waals surface area contributed by atoms with Gasteiger partial charge in [-0.1, -0.05) is 36.9 Å². The van der Waals surface area contributed by atoms with E-state index < -0.39 is 0 Å². The van der Waals surface area contributed by atoms with Crippen molar-refractivity contribution in [2.24, 2.45) is 0 Å². The second kappa shape index (κ2) is 16.7. The molecular weight excluding hydrogens is 669 g/mol. The molecule has 1 aromatic heterocycles. The SMILES string of the molecule is C=CC(=O)Nc1cc(Nc2cc(N3OCCC3c3cccc(Oc4ccccc4)c3)ncn2)c(OC)cc1N1CCC(N2CCN(C(C)C)CC2)CC1. The Morgan fingerprint density at radius 3 is 2.42 bits per heavy atom. The lowest BCUT2D eigenvalue weighted by Gasteiger charge is -2.44. The third kappa shape index (κ3) is 8.56. The zero-order valence-corrected chi connectivity index (χ0v) is 30.9. The molecule has 2 N–H and O–H groups in total. The summed E-state index contributed by atoms with van der Waals surface area (Å²) in [5.41, 5.74) is 3.31. The molecule has 3 aliphatic rings. The van der Waals surface area contributed by atoms with Crippen molar-refractivity contribution in [1.82, 2.24) is 19.8 Å². The molecule has 3 fully saturated rings. The maximum atomic E-state index is 12.7. The van der Waals surface area contributed by atoms with Gasteiger partial charge in [-0.2, -0.15) is 0 Å². The maximum Gasteiger partial charge on any atom is 0.247 e. The van der Waals surface area contributed by atoms with Crippen molar-refractivity contribution in [3.63, 3.8) is 0 Å². The van der Waals surface area contributed by atoms with E-state index in [1.807, 2.05) is 71.8 Å². The molecule has 12 heteroatoms. The number of anilines is 5. The van der Waals surface area contributed by atoms with Crippen LogP contribution < -0.4 is 30.1 Å². The number of nitrogens with one attached hydrogen (secondary N) is 2. The number of aromatic nitrogens is 2. The molecule has 0 spiro atoms. The van der Waals surface area contributed by atoms with Gasteiger partial charge in [-0.25, -0.2) is 15.0 Å². The van der Waals surface area contributed by atoms with Gasteiger partial charge in [0, 0.05) is 69.9 Å². The van der Waals surface area contributed by atoms with Crippen molar-refractivity contribution in [2.75, 3.05) is 73.6 Å². The summed E-state index contributed by atoms with van der Waals surface area (Å²) in [7, 11) is 1.65. The summed E-state index contributed by atoms with van der Waals surface area (Å²) in [6.45, 7) is 15.0. The number of ether oxygens (including phenoxy) is 2. The molecule has 4 heterocycles. The third-order valence-corrected chi connectivity index (χ3v) is 10.4. The minimum atomic E-state index is -0.278. The van der Waals surface area contributed by atoms with Gasteiger partial charge in [0.05, 0.1) is 36.8 Å². The lowest BCUT2D eigenvalue weighted by atomic mass is 10.0. The molecule has 3 aromatic carbocycles. The Morgan fingerprint density at radius 2 is 1.68 bits per heavy atom. The number of nitrogens with zero attached hydrogens (tertiary/aromatic N) is 6. The number of piperazine rings is 1. The zero-order chi connectivity index (χ0) is 36.7. The van der Waals surface area contributed by atoms with Crippen LogP contribution in [0.15, 0.2) is 91.8 Å². The van der Waals surface area contributed by atoms with Crippen LogP contribution in [-0.2, 0) is 9.63 Å². The van der Waals surface area contributed by atoms with Gasteiger partial charge in [-0.3, -0.25) is 19.4 Å². The summed E-state index contributed by atoms with van der Waals surface area (Å²) in [6, 6.07) is 24.6. The van der Waals surface area contributed by atoms with Gasteiger partial charge in [-0.15, -0.1) is 0 Å². The van der Waals surface area contributed by atoms with E-state index in [0.717, 1.165) is 81.3 Å². The Kier molecular flexibility index (Phi) is 11.4. The van der Waals surface area contributed by atoms with E-state index in [-0.39, 0.29) is 11.9 Å². The highest BCUT2D eigenvalue weighted by atomic mass is 16.7. The maximum absolute atomic E-state index is 12.7. The van der Waals surface area contributed by atoms with Crippen molar-refractivity contribution in [3.8, 4) is 17.2 Å². The normalized spacial score (nSPS) is 18.6. The first-order valence-electron chi connectivity index (χ1n) is 18.6. The Morgan fingerprint density at radius 1 is 0.906 bits per heavy atom. The van der Waals surface area contributed by atoms with E-state index in [1.54, 1.807) is 7.11 Å². The number of hydrogen-bond donors (Lipinski definition) is 2. The van der Waals surface area contributed by atoms with Gasteiger partial charge in [-0.05, 0) is 68.7 Å². The summed E-state index contributed by atoms with van der Waals surface area (Å²) in [5.74, 6) is 3.06. The number of methoxy groups -OCH3 is 1. The summed E-state index contributed by atoms with van der Waals surface area (Å²) in [6.07, 6.45) is 5.71. The number of rotatable bonds is 12. The van der Waals surface area contributed by atoms with Crippen LogP contribution in [0.4, 0.5) is 28.7 Å². The summed E-state index contributed by atoms with van der Waals surface area (Å²) in [4.78, 5) is 35.4. The number of piperidine rings is 1. The minimum absolute atomic E-state index is 0.0691. The second-order valence-corrected chi connectivity index (χ2v) is 14.0. The summed E-state index contributed by atoms with van der Waals surface area (Å²) >= 11 is 0. The lowest BCUT2D eigenvalue weighted by molar-refractivity contribution is -0.111. The number of amides is 1. The zero-order valence-electron chi connectivity index (χ0n) is 30.9. The predicted octanol–water partition coefficient (Wildman–Crippen LogP) is 7.02. The highest BCUT2D eigenvalue weighted by Crippen LogP contribution is 2.41. The number of hydrogen-bond acceptors (Lipinski definition) is 11. The molecule has 0 aliphatic carbocycles. The van der Waals surface area contributed by atoms with Crippen molar-refractivity contribution >= 4 is 34.6 Å². The third-order valence-electron chi connectivity index (χ3n) is 10.4. The predicted molar refractivity (Wildman–Crippen MR) is 209 cm³/mol. The molecule has 1 unspecified atom stereocenters. The largest absolute Gasteiger partial charge is 0.494 e. The molecule has 12 nitrogen and oxygen atoms in total. The van der Waals surface area contributed by atoms with Crippen LogP contribution in [-0.4, -0.2) is 90.7 Å². The fourth-order valence-electron chi connectivity index (χ4n) is 7.55. The van der Waals surface area contributed by atoms with Crippen molar-refractivity contribution in [1.29, 1.82) is 0 Å². The van der Waals surface area contributed by atoms with E-state index in [4.69, 9.17) is 14.3 Å². The first-order valence-corrected chi connectivity index (χ1v) is 18.6. The molecule has 53 heavy (non-hydrogen) atoms. The van der Waals surface area contributed by atoms with Crippen LogP contribution >= 0.6 is 0 Å². The topological polar surface area (TPSA) is 108 Å². The number of benzene rings is 3. The molecular formula is C41H50N8O4. The van der Waals surface area contributed by atoms with Gasteiger partial charge in [0.1, 0.15) is 29.4 Å². The molecule has 3 aliphatic heterocycles. The van der Waals surface area contributed by atoms with E-state index >= 15 is 0 Å². The van der Waals surface area contributed by atoms with Crippen molar-refractivity contribution < 1.29 is 19.1 Å². The Labute approximate surface area is 312 Å². The van der Waals surface area contributed by atoms with Crippen molar-refractivity contribution in [2.45, 2.75) is 51.2 Å². The van der Waals surface area contributed by atoms with Gasteiger partial charge in [0.25, 0.3) is 0 Å². The minimum Gasteiger partial charge on any atom is -0.494 e. The molecule has 1 atom stereocenters. The van der Waals surface area contributed by atoms with Crippen LogP contribution in [0, 0.1) is 0 Å². The average Bonchev–Trinajstić information content (AvgIpc) is 3.69. The smallest absolute Gasteiger partial charge is 0.247 e. The quantitative estimate of drug-likeness (QED) is 0.148. The van der Waals surface area contributed by atoms with Crippen LogP contribution in [0.25, 0.3) is 0 Å². The molecule has 4 aromatic rings. The molecule has 3 saturated heterocycles. The molecule has 7 rings (SSSR count). The molecule has 1 amide bonds. The number of carbonyl (C=O) groups is 1. The van der Waals surface area contributed by atoms with E-state index in [0.29, 0.717) is 47.5 Å². The average molecular weight is 719 g/mol. The first-order chi connectivity index (χ1) is 25.9. The van der Waals surface area contributed by atoms with Gasteiger partial charge < -0.3 is 25.0 Å². The van der Waals surface area contributed by atoms with Crippen molar-refractivity contribution in [3.05, 3.63) is 97.3 Å². The van der Waals surface area contributed by atoms with Gasteiger partial charge >= 0.3 is 0 Å². The Balaban J connectivity index is 1.07. The number of carbonyl (C=O) groups excluding carboxylic acids is 1. The van der Waals surface area contributed by atoms with E-state index in [1.165, 1.54) is 12.4 Å². The van der Waals surface area contributed by atoms with Crippen LogP contribution in [0.5, 0.6) is 17.2 Å². The number of hydroxylamine groups is 1. The number of para-hydroxylation sites is 1. The standard InChI is InChI=1S/C41H50N8O4/c1-5-41(50)45-34-25-35(38(51-4)26-37(34)48-17-14-31(15-18-48)47-21-19-46(20-22-47)29(2)3)44-39-27-40(43-28-42-39)49-36(16-23-52-49)30-10-9-13-33(24-30)53-32-11-7-6-8-12-32/h5-13,24-29,31,36H,1,14-23H2,2-4H3,(H,45,50)(H,42,43,44). The highest BCUT2D eigenvalue weighted by Gasteiger charge is 2.31. The molecule has 0 radical (unpaired) electrons. The monoisotopic (exact) mass is 718 g/mol. The highest BCUT2D eigenvalue weighted by molar-refractivity contribution is 6.02. The summed E-state index contributed by atoms with van der Waals surface area (Å²) < 4.78 is 12.0. The second-order valence-electron chi connectivity index (χ2n) is 14.0.